The third-order valence-corrected chi connectivity index (χ3v) is 3.09. The van der Waals surface area contributed by atoms with Gasteiger partial charge in [0.25, 0.3) is 0 Å². The highest BCUT2D eigenvalue weighted by Crippen LogP contribution is 2.22. The molecular weight excluding hydrogens is 216 g/mol. The average molecular weight is 232 g/mol. The summed E-state index contributed by atoms with van der Waals surface area (Å²) in [5, 5.41) is 21.4. The number of ether oxygens (including phenoxy) is 1. The maximum absolute atomic E-state index is 9.17. The van der Waals surface area contributed by atoms with E-state index in [2.05, 4.69) is 11.4 Å². The molecule has 0 saturated heterocycles. The lowest BCUT2D eigenvalue weighted by Gasteiger charge is -2.32. The highest BCUT2D eigenvalue weighted by Gasteiger charge is 2.26. The third kappa shape index (κ3) is 2.76. The quantitative estimate of drug-likeness (QED) is 0.818. The summed E-state index contributed by atoms with van der Waals surface area (Å²) in [4.78, 5) is 0. The fraction of sp³-hybridized carbons (Fsp3) is 0.462. The van der Waals surface area contributed by atoms with E-state index >= 15 is 0 Å². The maximum atomic E-state index is 9.17. The number of nitrogens with one attached hydrogen (secondary N) is 1. The van der Waals surface area contributed by atoms with Crippen molar-refractivity contribution in [2.24, 2.45) is 0 Å². The van der Waals surface area contributed by atoms with Crippen LogP contribution in [0.5, 0.6) is 5.75 Å². The van der Waals surface area contributed by atoms with Gasteiger partial charge in [-0.25, -0.2) is 0 Å². The summed E-state index contributed by atoms with van der Waals surface area (Å²) < 4.78 is 5.15. The molecular formula is C13H16N2O2. The molecule has 1 fully saturated rings. The summed E-state index contributed by atoms with van der Waals surface area (Å²) in [5.74, 6) is 0.612. The second kappa shape index (κ2) is 5.17. The molecule has 0 aliphatic heterocycles. The number of aliphatic hydroxyl groups is 1. The molecule has 1 aliphatic rings. The number of aliphatic hydroxyl groups excluding tert-OH is 1. The SMILES string of the molecule is COc1cc(CNC2CC(O)C2)ccc1C#N. The van der Waals surface area contributed by atoms with E-state index in [1.807, 2.05) is 12.1 Å². The van der Waals surface area contributed by atoms with Crippen molar-refractivity contribution in [2.75, 3.05) is 7.11 Å². The zero-order valence-electron chi connectivity index (χ0n) is 9.81. The third-order valence-electron chi connectivity index (χ3n) is 3.09. The predicted octanol–water partition coefficient (Wildman–Crippen LogP) is 1.18. The second-order valence-corrected chi connectivity index (χ2v) is 4.35. The summed E-state index contributed by atoms with van der Waals surface area (Å²) in [7, 11) is 1.57. The van der Waals surface area contributed by atoms with Crippen LogP contribution < -0.4 is 10.1 Å². The van der Waals surface area contributed by atoms with Crippen LogP contribution in [-0.2, 0) is 6.54 Å². The van der Waals surface area contributed by atoms with Crippen molar-refractivity contribution in [3.63, 3.8) is 0 Å². The van der Waals surface area contributed by atoms with Crippen molar-refractivity contribution in [3.05, 3.63) is 29.3 Å². The van der Waals surface area contributed by atoms with E-state index in [1.165, 1.54) is 0 Å². The Hall–Kier alpha value is -1.57. The van der Waals surface area contributed by atoms with Crippen LogP contribution in [0, 0.1) is 11.3 Å². The summed E-state index contributed by atoms with van der Waals surface area (Å²) in [6, 6.07) is 8.06. The molecule has 1 saturated carbocycles. The molecule has 0 unspecified atom stereocenters. The van der Waals surface area contributed by atoms with Crippen LogP contribution in [-0.4, -0.2) is 24.4 Å². The van der Waals surface area contributed by atoms with Gasteiger partial charge in [-0.2, -0.15) is 5.26 Å². The molecule has 4 heteroatoms. The van der Waals surface area contributed by atoms with E-state index in [0.717, 1.165) is 24.9 Å². The number of rotatable bonds is 4. The predicted molar refractivity (Wildman–Crippen MR) is 63.6 cm³/mol. The van der Waals surface area contributed by atoms with E-state index < -0.39 is 0 Å². The summed E-state index contributed by atoms with van der Waals surface area (Å²) in [5.41, 5.74) is 1.64. The topological polar surface area (TPSA) is 65.3 Å². The number of benzene rings is 1. The van der Waals surface area contributed by atoms with Gasteiger partial charge < -0.3 is 15.2 Å². The van der Waals surface area contributed by atoms with Gasteiger partial charge in [-0.05, 0) is 30.5 Å². The van der Waals surface area contributed by atoms with Crippen molar-refractivity contribution < 1.29 is 9.84 Å². The minimum atomic E-state index is -0.136. The minimum absolute atomic E-state index is 0.136. The lowest BCUT2D eigenvalue weighted by Crippen LogP contribution is -2.43. The molecule has 90 valence electrons. The largest absolute Gasteiger partial charge is 0.495 e. The van der Waals surface area contributed by atoms with Crippen LogP contribution in [0.2, 0.25) is 0 Å². The zero-order chi connectivity index (χ0) is 12.3. The van der Waals surface area contributed by atoms with Gasteiger partial charge in [-0.15, -0.1) is 0 Å². The molecule has 0 bridgehead atoms. The maximum Gasteiger partial charge on any atom is 0.136 e. The molecule has 1 aromatic rings. The molecule has 1 aromatic carbocycles. The first-order chi connectivity index (χ1) is 8.22. The summed E-state index contributed by atoms with van der Waals surface area (Å²) in [6.07, 6.45) is 1.52. The molecule has 1 aliphatic carbocycles. The number of hydrogen-bond acceptors (Lipinski definition) is 4. The van der Waals surface area contributed by atoms with Gasteiger partial charge in [-0.1, -0.05) is 6.07 Å². The van der Waals surface area contributed by atoms with Crippen LogP contribution in [0.3, 0.4) is 0 Å². The van der Waals surface area contributed by atoms with Crippen LogP contribution in [0.4, 0.5) is 0 Å². The fourth-order valence-corrected chi connectivity index (χ4v) is 1.95. The lowest BCUT2D eigenvalue weighted by atomic mass is 9.89. The first kappa shape index (κ1) is 11.9. The molecule has 0 heterocycles. The van der Waals surface area contributed by atoms with Gasteiger partial charge in [0.1, 0.15) is 11.8 Å². The van der Waals surface area contributed by atoms with Gasteiger partial charge in [-0.3, -0.25) is 0 Å². The molecule has 0 atom stereocenters. The Kier molecular flexibility index (Phi) is 3.62. The summed E-state index contributed by atoms with van der Waals surface area (Å²) in [6.45, 7) is 0.736. The van der Waals surface area contributed by atoms with Crippen molar-refractivity contribution >= 4 is 0 Å². The fourth-order valence-electron chi connectivity index (χ4n) is 1.95. The Bertz CT molecular complexity index is 434. The van der Waals surface area contributed by atoms with E-state index in [9.17, 15) is 0 Å². The molecule has 0 amide bonds. The summed E-state index contributed by atoms with van der Waals surface area (Å²) >= 11 is 0. The number of methoxy groups -OCH3 is 1. The Labute approximate surface area is 101 Å². The van der Waals surface area contributed by atoms with Crippen LogP contribution in [0.1, 0.15) is 24.0 Å². The van der Waals surface area contributed by atoms with E-state index in [0.29, 0.717) is 17.4 Å². The molecule has 17 heavy (non-hydrogen) atoms. The first-order valence-corrected chi connectivity index (χ1v) is 5.71. The van der Waals surface area contributed by atoms with Gasteiger partial charge in [0, 0.05) is 12.6 Å². The second-order valence-electron chi connectivity index (χ2n) is 4.35. The van der Waals surface area contributed by atoms with Gasteiger partial charge in [0.05, 0.1) is 18.8 Å². The Morgan fingerprint density at radius 3 is 2.88 bits per heavy atom. The number of nitrogens with zero attached hydrogens (tertiary/aromatic N) is 1. The molecule has 0 aromatic heterocycles. The zero-order valence-corrected chi connectivity index (χ0v) is 9.81. The van der Waals surface area contributed by atoms with E-state index in [1.54, 1.807) is 13.2 Å². The Morgan fingerprint density at radius 1 is 1.53 bits per heavy atom. The smallest absolute Gasteiger partial charge is 0.136 e. The lowest BCUT2D eigenvalue weighted by molar-refractivity contribution is 0.0619. The molecule has 0 radical (unpaired) electrons. The van der Waals surface area contributed by atoms with Crippen molar-refractivity contribution in [1.82, 2.24) is 5.32 Å². The minimum Gasteiger partial charge on any atom is -0.495 e. The average Bonchev–Trinajstić information content (AvgIpc) is 2.32. The van der Waals surface area contributed by atoms with E-state index in [4.69, 9.17) is 15.1 Å². The first-order valence-electron chi connectivity index (χ1n) is 5.71. The van der Waals surface area contributed by atoms with Crippen molar-refractivity contribution in [3.8, 4) is 11.8 Å². The molecule has 2 rings (SSSR count). The van der Waals surface area contributed by atoms with Crippen LogP contribution in [0.15, 0.2) is 18.2 Å². The Morgan fingerprint density at radius 2 is 2.29 bits per heavy atom. The normalized spacial score (nSPS) is 22.6. The highest BCUT2D eigenvalue weighted by atomic mass is 16.5. The molecule has 0 spiro atoms. The van der Waals surface area contributed by atoms with Crippen LogP contribution >= 0.6 is 0 Å². The number of nitriles is 1. The Balaban J connectivity index is 1.95. The van der Waals surface area contributed by atoms with Gasteiger partial charge in [0.2, 0.25) is 0 Å². The van der Waals surface area contributed by atoms with Crippen molar-refractivity contribution in [2.45, 2.75) is 31.5 Å². The number of hydrogen-bond donors (Lipinski definition) is 2. The highest BCUT2D eigenvalue weighted by molar-refractivity contribution is 5.45. The molecule has 2 N–H and O–H groups in total. The van der Waals surface area contributed by atoms with Crippen molar-refractivity contribution in [1.29, 1.82) is 5.26 Å². The monoisotopic (exact) mass is 232 g/mol. The molecule has 4 nitrogen and oxygen atoms in total. The van der Waals surface area contributed by atoms with Gasteiger partial charge >= 0.3 is 0 Å². The van der Waals surface area contributed by atoms with Crippen LogP contribution in [0.25, 0.3) is 0 Å². The van der Waals surface area contributed by atoms with E-state index in [-0.39, 0.29) is 6.10 Å². The van der Waals surface area contributed by atoms with Gasteiger partial charge in [0.15, 0.2) is 0 Å². The standard InChI is InChI=1S/C13H16N2O2/c1-17-13-4-9(2-3-10(13)7-14)8-15-11-5-12(16)6-11/h2-4,11-12,15-16H,5-6,8H2,1H3.